The van der Waals surface area contributed by atoms with Crippen molar-refractivity contribution in [2.75, 3.05) is 31.5 Å². The van der Waals surface area contributed by atoms with E-state index in [-0.39, 0.29) is 11.9 Å². The SMILES string of the molecule is CC(C(=O)Nc1cccc(Br)c1)N1CCN(S(=O)(=O)c2ccccc2)CC1. The number of carbonyl (C=O) groups excluding carboxylic acids is 1. The fourth-order valence-corrected chi connectivity index (χ4v) is 4.89. The van der Waals surface area contributed by atoms with Gasteiger partial charge in [0, 0.05) is 36.3 Å². The number of hydrogen-bond acceptors (Lipinski definition) is 4. The molecule has 2 aromatic rings. The molecular formula is C19H22BrN3O3S. The van der Waals surface area contributed by atoms with Gasteiger partial charge in [-0.15, -0.1) is 0 Å². The number of piperazine rings is 1. The normalized spacial score (nSPS) is 17.4. The maximum atomic E-state index is 12.7. The van der Waals surface area contributed by atoms with E-state index in [1.54, 1.807) is 30.3 Å². The molecule has 144 valence electrons. The maximum absolute atomic E-state index is 12.7. The molecule has 0 bridgehead atoms. The van der Waals surface area contributed by atoms with Gasteiger partial charge in [0.1, 0.15) is 0 Å². The van der Waals surface area contributed by atoms with Crippen LogP contribution in [0.4, 0.5) is 5.69 Å². The van der Waals surface area contributed by atoms with E-state index in [0.29, 0.717) is 31.1 Å². The second-order valence-corrected chi connectivity index (χ2v) is 9.28. The summed E-state index contributed by atoms with van der Waals surface area (Å²) < 4.78 is 27.8. The molecule has 1 amide bonds. The molecule has 0 radical (unpaired) electrons. The fraction of sp³-hybridized carbons (Fsp3) is 0.316. The van der Waals surface area contributed by atoms with Crippen LogP contribution in [0.2, 0.25) is 0 Å². The molecule has 1 fully saturated rings. The molecular weight excluding hydrogens is 430 g/mol. The third-order valence-corrected chi connectivity index (χ3v) is 7.08. The zero-order valence-electron chi connectivity index (χ0n) is 15.0. The van der Waals surface area contributed by atoms with Crippen molar-refractivity contribution in [1.82, 2.24) is 9.21 Å². The van der Waals surface area contributed by atoms with Crippen LogP contribution < -0.4 is 5.32 Å². The molecule has 0 aliphatic carbocycles. The van der Waals surface area contributed by atoms with E-state index in [1.807, 2.05) is 36.1 Å². The van der Waals surface area contributed by atoms with Crippen molar-refractivity contribution in [3.63, 3.8) is 0 Å². The molecule has 3 rings (SSSR count). The van der Waals surface area contributed by atoms with Crippen molar-refractivity contribution < 1.29 is 13.2 Å². The Bertz CT molecular complexity index is 897. The Hall–Kier alpha value is -1.74. The van der Waals surface area contributed by atoms with Gasteiger partial charge in [-0.05, 0) is 37.3 Å². The molecule has 6 nitrogen and oxygen atoms in total. The zero-order chi connectivity index (χ0) is 19.4. The van der Waals surface area contributed by atoms with Crippen molar-refractivity contribution >= 4 is 37.5 Å². The lowest BCUT2D eigenvalue weighted by Gasteiger charge is -2.36. The molecule has 1 aliphatic heterocycles. The molecule has 0 saturated carbocycles. The summed E-state index contributed by atoms with van der Waals surface area (Å²) in [6.45, 7) is 3.60. The van der Waals surface area contributed by atoms with Crippen LogP contribution in [0.5, 0.6) is 0 Å². The predicted molar refractivity (Wildman–Crippen MR) is 109 cm³/mol. The first-order valence-corrected chi connectivity index (χ1v) is 11.0. The van der Waals surface area contributed by atoms with E-state index in [0.717, 1.165) is 10.2 Å². The lowest BCUT2D eigenvalue weighted by molar-refractivity contribution is -0.121. The molecule has 1 aliphatic rings. The highest BCUT2D eigenvalue weighted by atomic mass is 79.9. The van der Waals surface area contributed by atoms with E-state index in [2.05, 4.69) is 21.2 Å². The molecule has 1 heterocycles. The molecule has 1 N–H and O–H groups in total. The molecule has 8 heteroatoms. The highest BCUT2D eigenvalue weighted by Crippen LogP contribution is 2.19. The Morgan fingerprint density at radius 1 is 1.04 bits per heavy atom. The fourth-order valence-electron chi connectivity index (χ4n) is 3.05. The zero-order valence-corrected chi connectivity index (χ0v) is 17.4. The summed E-state index contributed by atoms with van der Waals surface area (Å²) in [6, 6.07) is 15.5. The first kappa shape index (κ1) is 20.0. The minimum Gasteiger partial charge on any atom is -0.325 e. The Balaban J connectivity index is 1.59. The average Bonchev–Trinajstić information content (AvgIpc) is 2.68. The van der Waals surface area contributed by atoms with Crippen molar-refractivity contribution in [2.45, 2.75) is 17.9 Å². The molecule has 0 spiro atoms. The number of amides is 1. The Morgan fingerprint density at radius 3 is 2.33 bits per heavy atom. The maximum Gasteiger partial charge on any atom is 0.243 e. The van der Waals surface area contributed by atoms with Gasteiger partial charge in [0.05, 0.1) is 10.9 Å². The van der Waals surface area contributed by atoms with Gasteiger partial charge >= 0.3 is 0 Å². The highest BCUT2D eigenvalue weighted by molar-refractivity contribution is 9.10. The highest BCUT2D eigenvalue weighted by Gasteiger charge is 2.31. The summed E-state index contributed by atoms with van der Waals surface area (Å²) in [5.41, 5.74) is 0.728. The van der Waals surface area contributed by atoms with Crippen LogP contribution in [0, 0.1) is 0 Å². The van der Waals surface area contributed by atoms with Gasteiger partial charge in [0.2, 0.25) is 15.9 Å². The molecule has 1 saturated heterocycles. The van der Waals surface area contributed by atoms with Gasteiger partial charge in [-0.2, -0.15) is 4.31 Å². The van der Waals surface area contributed by atoms with E-state index in [9.17, 15) is 13.2 Å². The van der Waals surface area contributed by atoms with Crippen LogP contribution >= 0.6 is 15.9 Å². The van der Waals surface area contributed by atoms with Crippen LogP contribution in [0.1, 0.15) is 6.92 Å². The Morgan fingerprint density at radius 2 is 1.70 bits per heavy atom. The number of rotatable bonds is 5. The van der Waals surface area contributed by atoms with Gasteiger partial charge in [-0.25, -0.2) is 8.42 Å². The number of nitrogens with zero attached hydrogens (tertiary/aromatic N) is 2. The summed E-state index contributed by atoms with van der Waals surface area (Å²) >= 11 is 3.39. The predicted octanol–water partition coefficient (Wildman–Crippen LogP) is 2.78. The second kappa shape index (κ2) is 8.52. The minimum atomic E-state index is -3.48. The standard InChI is InChI=1S/C19H22BrN3O3S/c1-15(19(24)21-17-7-5-6-16(20)14-17)22-10-12-23(13-11-22)27(25,26)18-8-3-2-4-9-18/h2-9,14-15H,10-13H2,1H3,(H,21,24). The molecule has 0 aromatic heterocycles. The summed E-state index contributed by atoms with van der Waals surface area (Å²) in [5, 5.41) is 2.90. The molecule has 1 atom stereocenters. The number of halogens is 1. The monoisotopic (exact) mass is 451 g/mol. The van der Waals surface area contributed by atoms with Crippen molar-refractivity contribution in [2.24, 2.45) is 0 Å². The Labute approximate surface area is 168 Å². The number of hydrogen-bond donors (Lipinski definition) is 1. The van der Waals surface area contributed by atoms with E-state index >= 15 is 0 Å². The van der Waals surface area contributed by atoms with Crippen LogP contribution in [-0.2, 0) is 14.8 Å². The third-order valence-electron chi connectivity index (χ3n) is 4.67. The summed E-state index contributed by atoms with van der Waals surface area (Å²) in [6.07, 6.45) is 0. The largest absolute Gasteiger partial charge is 0.325 e. The number of anilines is 1. The minimum absolute atomic E-state index is 0.104. The van der Waals surface area contributed by atoms with E-state index in [1.165, 1.54) is 4.31 Å². The van der Waals surface area contributed by atoms with Crippen molar-refractivity contribution in [3.8, 4) is 0 Å². The van der Waals surface area contributed by atoms with Gasteiger partial charge in [0.15, 0.2) is 0 Å². The Kier molecular flexibility index (Phi) is 6.31. The summed E-state index contributed by atoms with van der Waals surface area (Å²) in [5.74, 6) is -0.104. The lowest BCUT2D eigenvalue weighted by atomic mass is 10.2. The average molecular weight is 452 g/mol. The summed E-state index contributed by atoms with van der Waals surface area (Å²) in [7, 11) is -3.48. The molecule has 27 heavy (non-hydrogen) atoms. The number of nitrogens with one attached hydrogen (secondary N) is 1. The van der Waals surface area contributed by atoms with Crippen LogP contribution in [0.15, 0.2) is 64.0 Å². The molecule has 2 aromatic carbocycles. The van der Waals surface area contributed by atoms with Crippen LogP contribution in [0.25, 0.3) is 0 Å². The third kappa shape index (κ3) is 4.76. The van der Waals surface area contributed by atoms with Crippen LogP contribution in [-0.4, -0.2) is 55.8 Å². The van der Waals surface area contributed by atoms with Crippen LogP contribution in [0.3, 0.4) is 0 Å². The molecule has 1 unspecified atom stereocenters. The topological polar surface area (TPSA) is 69.7 Å². The smallest absolute Gasteiger partial charge is 0.243 e. The van der Waals surface area contributed by atoms with E-state index < -0.39 is 10.0 Å². The first-order valence-electron chi connectivity index (χ1n) is 8.73. The number of carbonyl (C=O) groups is 1. The van der Waals surface area contributed by atoms with Gasteiger partial charge in [-0.3, -0.25) is 9.69 Å². The number of benzene rings is 2. The second-order valence-electron chi connectivity index (χ2n) is 6.43. The van der Waals surface area contributed by atoms with Crippen molar-refractivity contribution in [1.29, 1.82) is 0 Å². The van der Waals surface area contributed by atoms with E-state index in [4.69, 9.17) is 0 Å². The summed E-state index contributed by atoms with van der Waals surface area (Å²) in [4.78, 5) is 14.8. The van der Waals surface area contributed by atoms with Crippen molar-refractivity contribution in [3.05, 3.63) is 59.1 Å². The van der Waals surface area contributed by atoms with Gasteiger partial charge in [0.25, 0.3) is 0 Å². The van der Waals surface area contributed by atoms with Gasteiger partial charge < -0.3 is 5.32 Å². The number of sulfonamides is 1. The van der Waals surface area contributed by atoms with Gasteiger partial charge in [-0.1, -0.05) is 40.2 Å². The first-order chi connectivity index (χ1) is 12.9. The lowest BCUT2D eigenvalue weighted by Crippen LogP contribution is -2.53. The quantitative estimate of drug-likeness (QED) is 0.758.